The molecule has 0 spiro atoms. The Hall–Kier alpha value is -3.36. The molecule has 48 heavy (non-hydrogen) atoms. The van der Waals surface area contributed by atoms with Crippen molar-refractivity contribution in [1.82, 2.24) is 20.1 Å². The number of nitrogens with zero attached hydrogens (tertiary/aromatic N) is 3. The predicted octanol–water partition coefficient (Wildman–Crippen LogP) is 2.49. The maximum atomic E-state index is 14.0. The summed E-state index contributed by atoms with van der Waals surface area (Å²) in [6, 6.07) is -1.44. The zero-order valence-corrected chi connectivity index (χ0v) is 29.8. The molecule has 3 rings (SSSR count). The summed E-state index contributed by atoms with van der Waals surface area (Å²) in [7, 11) is -3.87. The number of oxazole rings is 1. The topological polar surface area (TPSA) is 176 Å². The number of ketones is 1. The van der Waals surface area contributed by atoms with Crippen molar-refractivity contribution in [2.45, 2.75) is 97.1 Å². The Morgan fingerprint density at radius 1 is 1.17 bits per heavy atom. The fourth-order valence-electron chi connectivity index (χ4n) is 6.22. The Morgan fingerprint density at radius 3 is 2.54 bits per heavy atom. The number of amides is 2. The van der Waals surface area contributed by atoms with Crippen LogP contribution in [0.4, 0.5) is 0 Å². The molecule has 2 N–H and O–H groups in total. The molecule has 3 heterocycles. The SMILES string of the molecule is CCN(CC)CCS(=O)(=O)[C@@H]1CCN2C(=O)c3coc(n3)CC(=O)C[C@H](O)/C=C(\C)CCCNC(=O)/C=C/[C@@H](C)[C@@H](C(C)C)OC(=O)[C@@H]12. The molecule has 2 aliphatic rings. The third kappa shape index (κ3) is 10.8. The van der Waals surface area contributed by atoms with Gasteiger partial charge in [-0.2, -0.15) is 0 Å². The van der Waals surface area contributed by atoms with E-state index in [1.165, 1.54) is 11.0 Å². The number of rotatable bonds is 7. The molecule has 2 amide bonds. The Balaban J connectivity index is 1.98. The molecule has 0 saturated carbocycles. The van der Waals surface area contributed by atoms with Gasteiger partial charge in [-0.25, -0.2) is 18.2 Å². The van der Waals surface area contributed by atoms with Gasteiger partial charge in [-0.05, 0) is 51.3 Å². The average Bonchev–Trinajstić information content (AvgIpc) is 3.68. The molecule has 0 aliphatic carbocycles. The number of hydrogen-bond acceptors (Lipinski definition) is 11. The Morgan fingerprint density at radius 2 is 1.88 bits per heavy atom. The number of Topliss-reactive ketones (excluding diaryl/α,β-unsaturated/α-hetero) is 1. The van der Waals surface area contributed by atoms with Crippen LogP contribution in [0, 0.1) is 11.8 Å². The van der Waals surface area contributed by atoms with Gasteiger partial charge in [0.15, 0.2) is 15.5 Å². The largest absolute Gasteiger partial charge is 0.460 e. The van der Waals surface area contributed by atoms with Crippen molar-refractivity contribution in [3.63, 3.8) is 0 Å². The zero-order chi connectivity index (χ0) is 35.6. The van der Waals surface area contributed by atoms with Crippen LogP contribution in [0.25, 0.3) is 0 Å². The second-order valence-electron chi connectivity index (χ2n) is 13.0. The molecule has 14 heteroatoms. The van der Waals surface area contributed by atoms with Crippen LogP contribution < -0.4 is 5.32 Å². The third-order valence-electron chi connectivity index (χ3n) is 8.95. The molecule has 1 aromatic rings. The summed E-state index contributed by atoms with van der Waals surface area (Å²) < 4.78 is 38.9. The van der Waals surface area contributed by atoms with Crippen molar-refractivity contribution in [3.8, 4) is 0 Å². The molecule has 5 atom stereocenters. The first kappa shape index (κ1) is 39.1. The van der Waals surface area contributed by atoms with E-state index in [0.717, 1.165) is 11.8 Å². The van der Waals surface area contributed by atoms with Gasteiger partial charge in [0.1, 0.15) is 24.2 Å². The maximum Gasteiger partial charge on any atom is 0.330 e. The van der Waals surface area contributed by atoms with Crippen molar-refractivity contribution < 1.29 is 41.9 Å². The minimum Gasteiger partial charge on any atom is -0.460 e. The summed E-state index contributed by atoms with van der Waals surface area (Å²) in [4.78, 5) is 60.3. The van der Waals surface area contributed by atoms with Crippen LogP contribution in [0.5, 0.6) is 0 Å². The Bertz CT molecular complexity index is 1450. The molecule has 1 fully saturated rings. The lowest BCUT2D eigenvalue weighted by molar-refractivity contribution is -0.157. The molecular formula is C34H52N4O9S. The number of nitrogens with one attached hydrogen (secondary N) is 1. The smallest absolute Gasteiger partial charge is 0.330 e. The minimum absolute atomic E-state index is 0.0298. The molecule has 1 aromatic heterocycles. The number of carbonyl (C=O) groups is 4. The van der Waals surface area contributed by atoms with Crippen LogP contribution in [-0.2, 0) is 35.4 Å². The number of allylic oxidation sites excluding steroid dienone is 1. The highest BCUT2D eigenvalue weighted by molar-refractivity contribution is 7.92. The van der Waals surface area contributed by atoms with Gasteiger partial charge in [0.25, 0.3) is 5.91 Å². The number of aromatic nitrogens is 1. The zero-order valence-electron chi connectivity index (χ0n) is 29.0. The molecule has 0 radical (unpaired) electrons. The lowest BCUT2D eigenvalue weighted by atomic mass is 9.94. The van der Waals surface area contributed by atoms with Gasteiger partial charge in [0, 0.05) is 32.0 Å². The van der Waals surface area contributed by atoms with Gasteiger partial charge < -0.3 is 29.4 Å². The van der Waals surface area contributed by atoms with Gasteiger partial charge >= 0.3 is 5.97 Å². The first-order valence-corrected chi connectivity index (χ1v) is 18.6. The van der Waals surface area contributed by atoms with E-state index in [1.807, 2.05) is 39.5 Å². The van der Waals surface area contributed by atoms with Crippen LogP contribution in [0.2, 0.25) is 0 Å². The maximum absolute atomic E-state index is 14.0. The number of sulfone groups is 1. The van der Waals surface area contributed by atoms with E-state index in [0.29, 0.717) is 32.5 Å². The van der Waals surface area contributed by atoms with Gasteiger partial charge in [-0.15, -0.1) is 0 Å². The summed E-state index contributed by atoms with van der Waals surface area (Å²) in [6.45, 7) is 13.2. The van der Waals surface area contributed by atoms with E-state index in [-0.39, 0.29) is 67.3 Å². The molecule has 0 aromatic carbocycles. The molecule has 2 aliphatic heterocycles. The summed E-state index contributed by atoms with van der Waals surface area (Å²) in [6.07, 6.45) is 4.77. The highest BCUT2D eigenvalue weighted by atomic mass is 32.2. The van der Waals surface area contributed by atoms with Crippen molar-refractivity contribution >= 4 is 33.4 Å². The van der Waals surface area contributed by atoms with Crippen LogP contribution in [-0.4, -0.2) is 114 Å². The van der Waals surface area contributed by atoms with Gasteiger partial charge in [0.2, 0.25) is 11.8 Å². The van der Waals surface area contributed by atoms with Gasteiger partial charge in [-0.1, -0.05) is 52.3 Å². The van der Waals surface area contributed by atoms with Crippen molar-refractivity contribution in [1.29, 1.82) is 0 Å². The van der Waals surface area contributed by atoms with Crippen molar-refractivity contribution in [2.75, 3.05) is 38.5 Å². The lowest BCUT2D eigenvalue weighted by Gasteiger charge is -2.31. The molecule has 13 nitrogen and oxygen atoms in total. The van der Waals surface area contributed by atoms with Crippen molar-refractivity contribution in [2.24, 2.45) is 11.8 Å². The summed E-state index contributed by atoms with van der Waals surface area (Å²) in [5, 5.41) is 12.0. The van der Waals surface area contributed by atoms with Crippen LogP contribution >= 0.6 is 0 Å². The van der Waals surface area contributed by atoms with Crippen molar-refractivity contribution in [3.05, 3.63) is 41.6 Å². The third-order valence-corrected chi connectivity index (χ3v) is 11.1. The Labute approximate surface area is 284 Å². The van der Waals surface area contributed by atoms with E-state index >= 15 is 0 Å². The number of aliphatic hydroxyl groups excluding tert-OH is 1. The highest BCUT2D eigenvalue weighted by Crippen LogP contribution is 2.30. The first-order valence-electron chi connectivity index (χ1n) is 16.9. The number of esters is 1. The summed E-state index contributed by atoms with van der Waals surface area (Å²) in [5.41, 5.74) is 0.695. The standard InChI is InChI=1S/C34H52N4O9S/c1-7-37(8-2)16-17-48(44,45)28-13-15-38-31(28)34(43)47-32(22(3)4)24(6)11-12-29(41)35-14-9-10-23(5)18-25(39)19-26(40)20-30-36-27(21-46-30)33(38)42/h11-12,18,21-22,24-25,28,31-32,39H,7-10,13-17,19-20H2,1-6H3,(H,35,41)/b12-11+,23-18+/t24-,25-,28-,31-,32-/m1/s1. The average molecular weight is 693 g/mol. The normalized spacial score (nSPS) is 27.7. The quantitative estimate of drug-likeness (QED) is 0.317. The summed E-state index contributed by atoms with van der Waals surface area (Å²) >= 11 is 0. The van der Waals surface area contributed by atoms with E-state index < -0.39 is 51.1 Å². The minimum atomic E-state index is -3.87. The second kappa shape index (κ2) is 17.9. The van der Waals surface area contributed by atoms with Crippen LogP contribution in [0.15, 0.2) is 34.5 Å². The monoisotopic (exact) mass is 692 g/mol. The van der Waals surface area contributed by atoms with Crippen LogP contribution in [0.3, 0.4) is 0 Å². The number of hydrogen-bond donors (Lipinski definition) is 2. The molecule has 268 valence electrons. The fourth-order valence-corrected chi connectivity index (χ4v) is 8.15. The summed E-state index contributed by atoms with van der Waals surface area (Å²) in [5.74, 6) is -3.09. The van der Waals surface area contributed by atoms with E-state index in [2.05, 4.69) is 10.3 Å². The number of fused-ring (bicyclic) bond motifs is 3. The molecule has 1 saturated heterocycles. The molecule has 0 unspecified atom stereocenters. The molecule has 2 bridgehead atoms. The number of ether oxygens (including phenoxy) is 1. The van der Waals surface area contributed by atoms with Gasteiger partial charge in [-0.3, -0.25) is 14.4 Å². The van der Waals surface area contributed by atoms with Crippen LogP contribution in [0.1, 0.15) is 83.6 Å². The number of carbonyl (C=O) groups excluding carboxylic acids is 4. The number of aliphatic hydroxyl groups is 1. The highest BCUT2D eigenvalue weighted by Gasteiger charge is 2.50. The van der Waals surface area contributed by atoms with E-state index in [1.54, 1.807) is 19.1 Å². The van der Waals surface area contributed by atoms with E-state index in [4.69, 9.17) is 9.15 Å². The Kier molecular flexibility index (Phi) is 14.5. The molecular weight excluding hydrogens is 640 g/mol. The second-order valence-corrected chi connectivity index (χ2v) is 15.4. The van der Waals surface area contributed by atoms with E-state index in [9.17, 15) is 32.7 Å². The fraction of sp³-hybridized carbons (Fsp3) is 0.676. The van der Waals surface area contributed by atoms with Gasteiger partial charge in [0.05, 0.1) is 23.5 Å². The lowest BCUT2D eigenvalue weighted by Crippen LogP contribution is -2.50. The predicted molar refractivity (Wildman–Crippen MR) is 180 cm³/mol. The number of cyclic esters (lactones) is 1. The first-order chi connectivity index (χ1) is 22.7.